The Hall–Kier alpha value is -6.72. The first kappa shape index (κ1) is 87.3. The van der Waals surface area contributed by atoms with Crippen molar-refractivity contribution < 1.29 is 62.5 Å². The molecule has 0 aromatic carbocycles. The quantitative estimate of drug-likeness (QED) is 0.0205. The number of carbonyl (C=O) groups is 12. The van der Waals surface area contributed by atoms with E-state index in [1.54, 1.807) is 0 Å². The zero-order chi connectivity index (χ0) is 70.7. The Kier molecular flexibility index (Phi) is 47.9. The van der Waals surface area contributed by atoms with Crippen molar-refractivity contribution in [3.05, 3.63) is 10.1 Å². The van der Waals surface area contributed by atoms with Gasteiger partial charge in [-0.2, -0.15) is 0 Å². The third-order valence-corrected chi connectivity index (χ3v) is 16.6. The van der Waals surface area contributed by atoms with Gasteiger partial charge in [0.15, 0.2) is 0 Å². The van der Waals surface area contributed by atoms with E-state index >= 15 is 0 Å². The normalized spacial score (nSPS) is 12.1. The molecule has 0 fully saturated rings. The molecule has 0 bridgehead atoms. The van der Waals surface area contributed by atoms with Crippen molar-refractivity contribution in [2.45, 2.75) is 203 Å². The first-order chi connectivity index (χ1) is 44.8. The summed E-state index contributed by atoms with van der Waals surface area (Å²) >= 11 is 0. The van der Waals surface area contributed by atoms with Gasteiger partial charge in [0, 0.05) is 223 Å². The first-order valence-corrected chi connectivity index (χ1v) is 33.3. The zero-order valence-corrected chi connectivity index (χ0v) is 55.7. The average molecular weight is 1340 g/mol. The standard InChI is InChI=1S/C61H117N19O14/c62-29-1-3-46(81)5-17-58(18-8-49(84)71-38-31-64,19-9-50(85)72-39-32-65)45-48(83)7-26-61(80(93)94,27-15-56(91)78-59(20-6-47(82)4-2-30-63,21-10-51(86)73-40-33-66)22-11-52(87)74-41-34-67)28-16-57(92)79-60(23-12-53(88)75-42-35-68,24-13-54(89)76-43-36-69)25-14-55(90)77-44-37-70/h1-45,62-70H2,(H,71,84)(H,72,85)(H,73,86)(H,74,87)(H,75,88)(H,76,89)(H,77,90)(H,78,91)(H,79,92). The highest BCUT2D eigenvalue weighted by atomic mass is 16.6. The number of Topliss-reactive ketones (excluding diaryl/α,β-unsaturated/α-hetero) is 3. The minimum Gasteiger partial charge on any atom is -0.355 e. The molecule has 0 saturated carbocycles. The molecular formula is C61H117N19O14. The molecule has 1 atom stereocenters. The number of hydrogen-bond donors (Lipinski definition) is 18. The molecule has 0 aliphatic carbocycles. The highest BCUT2D eigenvalue weighted by Gasteiger charge is 2.46. The van der Waals surface area contributed by atoms with E-state index in [-0.39, 0.29) is 251 Å². The fraction of sp³-hybridized carbons (Fsp3) is 0.803. The molecule has 0 aromatic rings. The van der Waals surface area contributed by atoms with Crippen molar-refractivity contribution in [3.63, 3.8) is 0 Å². The van der Waals surface area contributed by atoms with Crippen LogP contribution in [0.15, 0.2) is 0 Å². The Balaban J connectivity index is 8.22. The lowest BCUT2D eigenvalue weighted by atomic mass is 9.70. The van der Waals surface area contributed by atoms with E-state index in [0.717, 1.165) is 0 Å². The molecular weight excluding hydrogens is 1220 g/mol. The van der Waals surface area contributed by atoms with Crippen LogP contribution in [-0.2, 0) is 57.5 Å². The van der Waals surface area contributed by atoms with E-state index in [1.165, 1.54) is 0 Å². The maximum atomic E-state index is 14.8. The number of ketones is 3. The molecule has 0 aromatic heterocycles. The van der Waals surface area contributed by atoms with Gasteiger partial charge in [-0.25, -0.2) is 0 Å². The molecule has 0 spiro atoms. The number of carbonyl (C=O) groups excluding carboxylic acids is 12. The maximum Gasteiger partial charge on any atom is 0.223 e. The summed E-state index contributed by atoms with van der Waals surface area (Å²) < 4.78 is 0. The molecule has 0 aliphatic rings. The SMILES string of the molecule is NCCCC(=O)CCC(CCC(=O)NCCN)(CCC(=O)NCCN)CC(=O)CCC(CCC(=O)NC(CCC(=O)CCCN)(CCC(=O)NCCN)CCC(=O)NCCN)(CCC(=O)NC(CCC(=O)NCCN)(CCC(=O)NCCN)CCC(=O)NCCN)[N+](=O)[O-]. The number of nitro groups is 1. The zero-order valence-electron chi connectivity index (χ0n) is 55.7. The van der Waals surface area contributed by atoms with Crippen LogP contribution in [0.3, 0.4) is 0 Å². The second-order valence-corrected chi connectivity index (χ2v) is 24.2. The van der Waals surface area contributed by atoms with Gasteiger partial charge < -0.3 is 99.5 Å². The van der Waals surface area contributed by atoms with Crippen molar-refractivity contribution >= 4 is 70.5 Å². The fourth-order valence-electron chi connectivity index (χ4n) is 11.0. The lowest BCUT2D eigenvalue weighted by Gasteiger charge is -2.36. The largest absolute Gasteiger partial charge is 0.355 e. The van der Waals surface area contributed by atoms with Crippen molar-refractivity contribution in [3.8, 4) is 0 Å². The van der Waals surface area contributed by atoms with Crippen molar-refractivity contribution in [1.29, 1.82) is 0 Å². The molecule has 94 heavy (non-hydrogen) atoms. The van der Waals surface area contributed by atoms with E-state index in [9.17, 15) is 67.6 Å². The summed E-state index contributed by atoms with van der Waals surface area (Å²) in [5.41, 5.74) is 44.5. The van der Waals surface area contributed by atoms with Crippen LogP contribution < -0.4 is 99.5 Å². The summed E-state index contributed by atoms with van der Waals surface area (Å²) in [6, 6.07) is 0. The molecule has 33 nitrogen and oxygen atoms in total. The second kappa shape index (κ2) is 51.6. The lowest BCUT2D eigenvalue weighted by Crippen LogP contribution is -2.52. The number of hydrogen-bond acceptors (Lipinski definition) is 23. The van der Waals surface area contributed by atoms with Gasteiger partial charge in [-0.15, -0.1) is 0 Å². The molecule has 0 heterocycles. The van der Waals surface area contributed by atoms with Crippen LogP contribution in [0.25, 0.3) is 0 Å². The van der Waals surface area contributed by atoms with Gasteiger partial charge in [-0.05, 0) is 89.1 Å². The van der Waals surface area contributed by atoms with E-state index < -0.39 is 124 Å². The summed E-state index contributed by atoms with van der Waals surface area (Å²) in [7, 11) is 0. The number of nitrogens with zero attached hydrogens (tertiary/aromatic N) is 1. The smallest absolute Gasteiger partial charge is 0.223 e. The molecule has 540 valence electrons. The molecule has 33 heteroatoms. The van der Waals surface area contributed by atoms with Crippen LogP contribution >= 0.6 is 0 Å². The van der Waals surface area contributed by atoms with Gasteiger partial charge in [0.1, 0.15) is 17.3 Å². The third-order valence-electron chi connectivity index (χ3n) is 16.6. The van der Waals surface area contributed by atoms with E-state index in [1.807, 2.05) is 0 Å². The van der Waals surface area contributed by atoms with Crippen LogP contribution in [-0.4, -0.2) is 197 Å². The van der Waals surface area contributed by atoms with Crippen LogP contribution in [0, 0.1) is 15.5 Å². The molecule has 0 radical (unpaired) electrons. The third kappa shape index (κ3) is 40.5. The van der Waals surface area contributed by atoms with Gasteiger partial charge in [0.2, 0.25) is 58.7 Å². The molecule has 9 amide bonds. The lowest BCUT2D eigenvalue weighted by molar-refractivity contribution is -0.573. The van der Waals surface area contributed by atoms with Gasteiger partial charge in [-0.3, -0.25) is 67.6 Å². The van der Waals surface area contributed by atoms with Crippen molar-refractivity contribution in [1.82, 2.24) is 47.9 Å². The van der Waals surface area contributed by atoms with Gasteiger partial charge in [0.05, 0.1) is 0 Å². The fourth-order valence-corrected chi connectivity index (χ4v) is 11.0. The van der Waals surface area contributed by atoms with Crippen molar-refractivity contribution in [2.75, 3.05) is 105 Å². The van der Waals surface area contributed by atoms with Crippen LogP contribution in [0.2, 0.25) is 0 Å². The van der Waals surface area contributed by atoms with Crippen LogP contribution in [0.1, 0.15) is 186 Å². The topological polar surface area (TPSA) is 590 Å². The van der Waals surface area contributed by atoms with Crippen LogP contribution in [0.4, 0.5) is 0 Å². The summed E-state index contributed by atoms with van der Waals surface area (Å²) in [5.74, 6) is -5.67. The minimum absolute atomic E-state index is 0.00765. The molecule has 0 aliphatic heterocycles. The van der Waals surface area contributed by atoms with E-state index in [0.29, 0.717) is 12.8 Å². The first-order valence-electron chi connectivity index (χ1n) is 33.3. The Bertz CT molecular complexity index is 1920. The van der Waals surface area contributed by atoms with Gasteiger partial charge in [0.25, 0.3) is 0 Å². The second-order valence-electron chi connectivity index (χ2n) is 24.2. The minimum atomic E-state index is -2.28. The predicted octanol–water partition coefficient (Wildman–Crippen LogP) is -3.84. The Morgan fingerprint density at radius 2 is 0.500 bits per heavy atom. The monoisotopic (exact) mass is 1340 g/mol. The number of rotatable bonds is 61. The summed E-state index contributed by atoms with van der Waals surface area (Å²) in [4.78, 5) is 176. The number of nitrogens with two attached hydrogens (primary N) is 9. The maximum absolute atomic E-state index is 14.8. The van der Waals surface area contributed by atoms with Gasteiger partial charge >= 0.3 is 0 Å². The molecule has 0 saturated heterocycles. The van der Waals surface area contributed by atoms with Crippen molar-refractivity contribution in [2.24, 2.45) is 57.0 Å². The highest BCUT2D eigenvalue weighted by Crippen LogP contribution is 2.41. The Morgan fingerprint density at radius 1 is 0.277 bits per heavy atom. The molecule has 1 unspecified atom stereocenters. The number of amides is 9. The molecule has 0 rings (SSSR count). The Morgan fingerprint density at radius 3 is 0.766 bits per heavy atom. The highest BCUT2D eigenvalue weighted by molar-refractivity contribution is 5.84. The van der Waals surface area contributed by atoms with E-state index in [2.05, 4.69) is 47.9 Å². The number of nitrogens with one attached hydrogen (secondary N) is 9. The summed E-state index contributed by atoms with van der Waals surface area (Å²) in [6.07, 6.45) is -5.09. The van der Waals surface area contributed by atoms with Crippen LogP contribution in [0.5, 0.6) is 0 Å². The van der Waals surface area contributed by atoms with Gasteiger partial charge in [-0.1, -0.05) is 0 Å². The average Bonchev–Trinajstić information content (AvgIpc) is 0.872. The Labute approximate surface area is 553 Å². The summed E-state index contributed by atoms with van der Waals surface area (Å²) in [5, 5.41) is 38.7. The van der Waals surface area contributed by atoms with E-state index in [4.69, 9.17) is 51.6 Å². The molecule has 27 N–H and O–H groups in total. The summed E-state index contributed by atoms with van der Waals surface area (Å²) in [6.45, 7) is 2.19. The predicted molar refractivity (Wildman–Crippen MR) is 355 cm³/mol.